The molecule has 3 atom stereocenters. The lowest BCUT2D eigenvalue weighted by Crippen LogP contribution is -2.49. The van der Waals surface area contributed by atoms with Gasteiger partial charge >= 0.3 is 0 Å². The van der Waals surface area contributed by atoms with E-state index in [4.69, 9.17) is 21.6 Å². The third-order valence-corrected chi connectivity index (χ3v) is 8.68. The number of aryl methyl sites for hydroxylation is 1. The molecule has 5 rings (SSSR count). The highest BCUT2D eigenvalue weighted by Crippen LogP contribution is 2.38. The second-order valence-electron chi connectivity index (χ2n) is 9.19. The maximum absolute atomic E-state index is 15.2. The number of halogens is 2. The van der Waals surface area contributed by atoms with Crippen LogP contribution in [-0.2, 0) is 17.2 Å². The Bertz CT molecular complexity index is 1030. The molecule has 178 valence electrons. The van der Waals surface area contributed by atoms with Crippen molar-refractivity contribution >= 4 is 34.2 Å². The minimum Gasteiger partial charge on any atom is -0.394 e. The molecular formula is C22H28ClFN6O2S. The van der Waals surface area contributed by atoms with Gasteiger partial charge in [-0.1, -0.05) is 11.6 Å². The van der Waals surface area contributed by atoms with Crippen molar-refractivity contribution in [3.8, 4) is 0 Å². The number of aliphatic hydroxyl groups excluding tert-OH is 1. The number of fused-ring (bicyclic) bond motifs is 1. The van der Waals surface area contributed by atoms with Crippen LogP contribution in [-0.4, -0.2) is 66.4 Å². The molecule has 2 N–H and O–H groups in total. The zero-order chi connectivity index (χ0) is 23.0. The van der Waals surface area contributed by atoms with Crippen LogP contribution < -0.4 is 10.2 Å². The number of aromatic nitrogens is 4. The van der Waals surface area contributed by atoms with Gasteiger partial charge in [0.2, 0.25) is 5.95 Å². The topological polar surface area (TPSA) is 104 Å². The second kappa shape index (κ2) is 9.38. The van der Waals surface area contributed by atoms with Crippen LogP contribution in [0.1, 0.15) is 56.0 Å². The van der Waals surface area contributed by atoms with Gasteiger partial charge in [-0.25, -0.2) is 19.3 Å². The van der Waals surface area contributed by atoms with E-state index >= 15 is 4.39 Å². The molecule has 33 heavy (non-hydrogen) atoms. The minimum absolute atomic E-state index is 0.00716. The van der Waals surface area contributed by atoms with Gasteiger partial charge in [-0.3, -0.25) is 4.21 Å². The molecule has 0 aromatic carbocycles. The summed E-state index contributed by atoms with van der Waals surface area (Å²) in [5, 5.41) is 13.8. The predicted molar refractivity (Wildman–Crippen MR) is 125 cm³/mol. The molecule has 2 aromatic rings. The molecule has 2 fully saturated rings. The van der Waals surface area contributed by atoms with Crippen molar-refractivity contribution in [3.63, 3.8) is 0 Å². The molecule has 11 heteroatoms. The Morgan fingerprint density at radius 2 is 2.03 bits per heavy atom. The van der Waals surface area contributed by atoms with Gasteiger partial charge in [0, 0.05) is 24.7 Å². The number of nitrogens with zero attached hydrogens (tertiary/aromatic N) is 5. The largest absolute Gasteiger partial charge is 0.394 e. The van der Waals surface area contributed by atoms with Crippen LogP contribution in [0.4, 0.5) is 16.2 Å². The second-order valence-corrected chi connectivity index (χ2v) is 11.1. The van der Waals surface area contributed by atoms with Crippen LogP contribution in [0.25, 0.3) is 0 Å². The summed E-state index contributed by atoms with van der Waals surface area (Å²) in [5.74, 6) is 1.61. The molecule has 1 aliphatic carbocycles. The zero-order valence-electron chi connectivity index (χ0n) is 18.3. The molecule has 2 unspecified atom stereocenters. The van der Waals surface area contributed by atoms with Gasteiger partial charge in [0.15, 0.2) is 0 Å². The monoisotopic (exact) mass is 494 g/mol. The lowest BCUT2D eigenvalue weighted by Gasteiger charge is -2.42. The van der Waals surface area contributed by atoms with E-state index in [2.05, 4.69) is 15.3 Å². The number of rotatable bonds is 5. The first-order valence-electron chi connectivity index (χ1n) is 11.5. The summed E-state index contributed by atoms with van der Waals surface area (Å²) in [6, 6.07) is 0. The smallest absolute Gasteiger partial charge is 0.227 e. The Labute approximate surface area is 199 Å². The van der Waals surface area contributed by atoms with Gasteiger partial charge in [-0.05, 0) is 44.9 Å². The van der Waals surface area contributed by atoms with E-state index in [9.17, 15) is 9.32 Å². The number of hydrogen-bond acceptors (Lipinski definition) is 8. The molecule has 1 saturated heterocycles. The van der Waals surface area contributed by atoms with Gasteiger partial charge in [0.25, 0.3) is 0 Å². The summed E-state index contributed by atoms with van der Waals surface area (Å²) in [6.07, 6.45) is 7.52. The highest BCUT2D eigenvalue weighted by atomic mass is 35.5. The van der Waals surface area contributed by atoms with E-state index in [1.54, 1.807) is 0 Å². The van der Waals surface area contributed by atoms with Crippen LogP contribution in [0.15, 0.2) is 17.3 Å². The number of piperidine rings is 1. The number of aliphatic hydroxyl groups is 1. The van der Waals surface area contributed by atoms with Gasteiger partial charge in [-0.2, -0.15) is 4.98 Å². The van der Waals surface area contributed by atoms with E-state index in [1.165, 1.54) is 12.4 Å². The first-order valence-corrected chi connectivity index (χ1v) is 13.2. The summed E-state index contributed by atoms with van der Waals surface area (Å²) in [5.41, 5.74) is 0.335. The van der Waals surface area contributed by atoms with Crippen LogP contribution >= 0.6 is 11.6 Å². The van der Waals surface area contributed by atoms with E-state index < -0.39 is 28.4 Å². The fourth-order valence-electron chi connectivity index (χ4n) is 4.81. The van der Waals surface area contributed by atoms with E-state index in [-0.39, 0.29) is 13.2 Å². The molecule has 8 nitrogen and oxygen atoms in total. The average molecular weight is 495 g/mol. The Morgan fingerprint density at radius 1 is 1.24 bits per heavy atom. The zero-order valence-corrected chi connectivity index (χ0v) is 19.9. The quantitative estimate of drug-likeness (QED) is 0.653. The number of anilines is 2. The first kappa shape index (κ1) is 22.9. The van der Waals surface area contributed by atoms with Crippen molar-refractivity contribution in [1.82, 2.24) is 19.9 Å². The molecule has 2 aromatic heterocycles. The Kier molecular flexibility index (Phi) is 6.50. The normalized spacial score (nSPS) is 26.8. The first-order chi connectivity index (χ1) is 16.0. The fourth-order valence-corrected chi connectivity index (χ4v) is 6.31. The summed E-state index contributed by atoms with van der Waals surface area (Å²) in [4.78, 5) is 20.4. The van der Waals surface area contributed by atoms with Gasteiger partial charge in [-0.15, -0.1) is 0 Å². The number of alkyl halides is 1. The lowest BCUT2D eigenvalue weighted by molar-refractivity contribution is 0.143. The van der Waals surface area contributed by atoms with Gasteiger partial charge < -0.3 is 15.3 Å². The van der Waals surface area contributed by atoms with Gasteiger partial charge in [0.1, 0.15) is 22.7 Å². The number of hydrogen-bond donors (Lipinski definition) is 2. The predicted octanol–water partition coefficient (Wildman–Crippen LogP) is 3.02. The van der Waals surface area contributed by atoms with Crippen molar-refractivity contribution in [3.05, 3.63) is 28.9 Å². The van der Waals surface area contributed by atoms with Crippen LogP contribution in [0, 0.1) is 0 Å². The minimum atomic E-state index is -1.20. The maximum Gasteiger partial charge on any atom is 0.227 e. The van der Waals surface area contributed by atoms with Gasteiger partial charge in [0.05, 0.1) is 46.1 Å². The standard InChI is InChI=1S/C22H28ClFN6O2S/c23-14-10-25-19(26-11-14)15-5-8-30(12-16(15)24)21-27-17-4-1-2-9-33(32)18(17)20(28-21)29-22(13-31)6-3-7-22/h10-11,15-16,31H,1-9,12-13H2,(H,27,28,29)/t15?,16?,33-/m0/s1. The van der Waals surface area contributed by atoms with Crippen LogP contribution in [0.5, 0.6) is 0 Å². The molecule has 0 bridgehead atoms. The molecular weight excluding hydrogens is 467 g/mol. The lowest BCUT2D eigenvalue weighted by atomic mass is 9.77. The summed E-state index contributed by atoms with van der Waals surface area (Å²) >= 11 is 5.87. The fraction of sp³-hybridized carbons (Fsp3) is 0.636. The van der Waals surface area contributed by atoms with Crippen molar-refractivity contribution in [1.29, 1.82) is 0 Å². The van der Waals surface area contributed by atoms with E-state index in [1.807, 2.05) is 4.90 Å². The summed E-state index contributed by atoms with van der Waals surface area (Å²) < 4.78 is 28.2. The van der Waals surface area contributed by atoms with Crippen LogP contribution in [0.2, 0.25) is 5.02 Å². The highest BCUT2D eigenvalue weighted by Gasteiger charge is 2.39. The third-order valence-electron chi connectivity index (χ3n) is 6.94. The molecule has 0 spiro atoms. The molecule has 0 amide bonds. The van der Waals surface area contributed by atoms with Crippen molar-refractivity contribution in [2.75, 3.05) is 35.7 Å². The Hall–Kier alpha value is -1.91. The van der Waals surface area contributed by atoms with Crippen molar-refractivity contribution in [2.24, 2.45) is 0 Å². The summed E-state index contributed by atoms with van der Waals surface area (Å²) in [6.45, 7) is 0.680. The molecule has 0 radical (unpaired) electrons. The number of nitrogens with one attached hydrogen (secondary N) is 1. The summed E-state index contributed by atoms with van der Waals surface area (Å²) in [7, 11) is -1.20. The van der Waals surface area contributed by atoms with E-state index in [0.717, 1.165) is 37.8 Å². The van der Waals surface area contributed by atoms with E-state index in [0.29, 0.717) is 52.6 Å². The van der Waals surface area contributed by atoms with Crippen molar-refractivity contribution in [2.45, 2.75) is 67.5 Å². The molecule has 4 heterocycles. The average Bonchev–Trinajstić information content (AvgIpc) is 2.98. The maximum atomic E-state index is 15.2. The molecule has 2 aliphatic heterocycles. The van der Waals surface area contributed by atoms with Crippen molar-refractivity contribution < 1.29 is 13.7 Å². The third kappa shape index (κ3) is 4.57. The SMILES string of the molecule is O=[S@]1CCCCc2nc(N3CCC(c4ncc(Cl)cn4)C(F)C3)nc(NC3(CO)CCC3)c21. The highest BCUT2D eigenvalue weighted by molar-refractivity contribution is 7.85. The van der Waals surface area contributed by atoms with Crippen LogP contribution in [0.3, 0.4) is 0 Å². The molecule has 1 saturated carbocycles. The Morgan fingerprint density at radius 3 is 2.70 bits per heavy atom. The molecule has 3 aliphatic rings. The Balaban J connectivity index is 1.43.